The second kappa shape index (κ2) is 7.75. The van der Waals surface area contributed by atoms with E-state index >= 15 is 0 Å². The lowest BCUT2D eigenvalue weighted by Crippen LogP contribution is -2.25. The summed E-state index contributed by atoms with van der Waals surface area (Å²) in [5, 5.41) is 3.36. The minimum Gasteiger partial charge on any atom is -0.373 e. The van der Waals surface area contributed by atoms with Gasteiger partial charge in [0.1, 0.15) is 5.82 Å². The molecule has 108 valence electrons. The van der Waals surface area contributed by atoms with Gasteiger partial charge in [0, 0.05) is 31.1 Å². The zero-order valence-corrected chi connectivity index (χ0v) is 13.4. The van der Waals surface area contributed by atoms with Gasteiger partial charge in [0.25, 0.3) is 0 Å². The predicted octanol–water partition coefficient (Wildman–Crippen LogP) is 3.60. The summed E-state index contributed by atoms with van der Waals surface area (Å²) >= 11 is 1.83. The van der Waals surface area contributed by atoms with Crippen molar-refractivity contribution in [3.8, 4) is 0 Å². The molecular weight excluding hydrogens is 259 g/mol. The summed E-state index contributed by atoms with van der Waals surface area (Å²) in [6.07, 6.45) is 2.10. The monoisotopic (exact) mass is 284 g/mol. The predicted molar refractivity (Wildman–Crippen MR) is 84.9 cm³/mol. The molecule has 0 amide bonds. The smallest absolute Gasteiger partial charge is 0.126 e. The maximum Gasteiger partial charge on any atom is 0.126 e. The zero-order chi connectivity index (χ0) is 14.4. The van der Waals surface area contributed by atoms with Gasteiger partial charge >= 0.3 is 0 Å². The van der Waals surface area contributed by atoms with Gasteiger partial charge < -0.3 is 10.2 Å². The number of nitrogens with one attached hydrogen (secondary N) is 1. The molecule has 2 nitrogen and oxygen atoms in total. The van der Waals surface area contributed by atoms with Crippen LogP contribution >= 0.6 is 11.8 Å². The van der Waals surface area contributed by atoms with Gasteiger partial charge in [-0.3, -0.25) is 0 Å². The third-order valence-electron chi connectivity index (χ3n) is 3.33. The van der Waals surface area contributed by atoms with Crippen LogP contribution in [0.25, 0.3) is 0 Å². The van der Waals surface area contributed by atoms with E-state index in [1.54, 1.807) is 6.07 Å². The fourth-order valence-electron chi connectivity index (χ4n) is 2.12. The van der Waals surface area contributed by atoms with Crippen molar-refractivity contribution in [1.82, 2.24) is 5.32 Å². The Labute approximate surface area is 120 Å². The molecule has 1 atom stereocenters. The molecule has 0 saturated carbocycles. The third-order valence-corrected chi connectivity index (χ3v) is 3.92. The molecule has 0 bridgehead atoms. The molecule has 0 aliphatic carbocycles. The second-order valence-corrected chi connectivity index (χ2v) is 5.84. The largest absolute Gasteiger partial charge is 0.373 e. The van der Waals surface area contributed by atoms with Crippen LogP contribution in [0.15, 0.2) is 12.1 Å². The summed E-state index contributed by atoms with van der Waals surface area (Å²) in [4.78, 5) is 2.21. The first-order chi connectivity index (χ1) is 9.01. The molecule has 0 spiro atoms. The van der Waals surface area contributed by atoms with E-state index < -0.39 is 0 Å². The van der Waals surface area contributed by atoms with Crippen LogP contribution in [0.2, 0.25) is 0 Å². The molecule has 0 saturated heterocycles. The molecule has 0 aliphatic heterocycles. The van der Waals surface area contributed by atoms with Crippen molar-refractivity contribution in [2.75, 3.05) is 37.0 Å². The lowest BCUT2D eigenvalue weighted by atomic mass is 10.0. The van der Waals surface area contributed by atoms with Crippen molar-refractivity contribution in [2.45, 2.75) is 26.8 Å². The third kappa shape index (κ3) is 4.39. The SMILES string of the molecule is CCNC(C)c1cc(F)c(C)cc1N(C)CCSC. The summed E-state index contributed by atoms with van der Waals surface area (Å²) < 4.78 is 13.8. The quantitative estimate of drug-likeness (QED) is 0.823. The fourth-order valence-corrected chi connectivity index (χ4v) is 2.58. The van der Waals surface area contributed by atoms with E-state index in [1.165, 1.54) is 0 Å². The van der Waals surface area contributed by atoms with E-state index in [0.717, 1.165) is 30.1 Å². The minimum absolute atomic E-state index is 0.123. The second-order valence-electron chi connectivity index (χ2n) is 4.85. The molecule has 0 radical (unpaired) electrons. The van der Waals surface area contributed by atoms with Crippen molar-refractivity contribution in [2.24, 2.45) is 0 Å². The Hall–Kier alpha value is -0.740. The first-order valence-electron chi connectivity index (χ1n) is 6.74. The van der Waals surface area contributed by atoms with Crippen LogP contribution in [-0.4, -0.2) is 32.1 Å². The first kappa shape index (κ1) is 16.3. The highest BCUT2D eigenvalue weighted by Crippen LogP contribution is 2.28. The van der Waals surface area contributed by atoms with E-state index in [2.05, 4.69) is 37.4 Å². The minimum atomic E-state index is -0.123. The van der Waals surface area contributed by atoms with Crippen LogP contribution in [0.1, 0.15) is 31.0 Å². The average Bonchev–Trinajstić information content (AvgIpc) is 2.38. The standard InChI is InChI=1S/C15H25FN2S/c1-6-17-12(3)13-10-14(16)11(2)9-15(13)18(4)7-8-19-5/h9-10,12,17H,6-8H2,1-5H3. The molecule has 19 heavy (non-hydrogen) atoms. The molecule has 1 aromatic carbocycles. The molecule has 0 aliphatic rings. The zero-order valence-electron chi connectivity index (χ0n) is 12.6. The number of anilines is 1. The lowest BCUT2D eigenvalue weighted by molar-refractivity contribution is 0.579. The van der Waals surface area contributed by atoms with Gasteiger partial charge in [-0.25, -0.2) is 4.39 Å². The Balaban J connectivity index is 3.08. The maximum absolute atomic E-state index is 13.8. The highest BCUT2D eigenvalue weighted by molar-refractivity contribution is 7.98. The highest BCUT2D eigenvalue weighted by atomic mass is 32.2. The maximum atomic E-state index is 13.8. The van der Waals surface area contributed by atoms with Crippen LogP contribution < -0.4 is 10.2 Å². The normalized spacial score (nSPS) is 12.5. The van der Waals surface area contributed by atoms with Crippen molar-refractivity contribution in [3.63, 3.8) is 0 Å². The summed E-state index contributed by atoms with van der Waals surface area (Å²) in [6.45, 7) is 7.82. The van der Waals surface area contributed by atoms with E-state index in [0.29, 0.717) is 5.56 Å². The van der Waals surface area contributed by atoms with Crippen LogP contribution in [0.3, 0.4) is 0 Å². The van der Waals surface area contributed by atoms with Crippen molar-refractivity contribution in [1.29, 1.82) is 0 Å². The number of rotatable bonds is 7. The number of hydrogen-bond acceptors (Lipinski definition) is 3. The number of nitrogens with zero attached hydrogens (tertiary/aromatic N) is 1. The van der Waals surface area contributed by atoms with E-state index in [1.807, 2.05) is 24.8 Å². The van der Waals surface area contributed by atoms with Crippen molar-refractivity contribution in [3.05, 3.63) is 29.1 Å². The molecule has 0 fully saturated rings. The molecule has 1 N–H and O–H groups in total. The van der Waals surface area contributed by atoms with Gasteiger partial charge in [-0.1, -0.05) is 6.92 Å². The number of aryl methyl sites for hydroxylation is 1. The number of thioether (sulfide) groups is 1. The van der Waals surface area contributed by atoms with Crippen LogP contribution in [0, 0.1) is 12.7 Å². The topological polar surface area (TPSA) is 15.3 Å². The van der Waals surface area contributed by atoms with Crippen LogP contribution in [-0.2, 0) is 0 Å². The van der Waals surface area contributed by atoms with Gasteiger partial charge in [0.15, 0.2) is 0 Å². The van der Waals surface area contributed by atoms with Gasteiger partial charge in [-0.05, 0) is 49.9 Å². The van der Waals surface area contributed by atoms with Crippen molar-refractivity contribution >= 4 is 17.4 Å². The lowest BCUT2D eigenvalue weighted by Gasteiger charge is -2.26. The number of halogens is 1. The van der Waals surface area contributed by atoms with Crippen LogP contribution in [0.4, 0.5) is 10.1 Å². The Bertz CT molecular complexity index is 409. The Morgan fingerprint density at radius 1 is 1.42 bits per heavy atom. The molecule has 1 aromatic rings. The molecule has 4 heteroatoms. The summed E-state index contributed by atoms with van der Waals surface area (Å²) in [6, 6.07) is 3.79. The Morgan fingerprint density at radius 2 is 2.11 bits per heavy atom. The molecule has 1 rings (SSSR count). The number of benzene rings is 1. The van der Waals surface area contributed by atoms with Gasteiger partial charge in [-0.15, -0.1) is 0 Å². The van der Waals surface area contributed by atoms with E-state index in [-0.39, 0.29) is 11.9 Å². The molecule has 0 aromatic heterocycles. The highest BCUT2D eigenvalue weighted by Gasteiger charge is 2.15. The average molecular weight is 284 g/mol. The van der Waals surface area contributed by atoms with Gasteiger partial charge in [0.2, 0.25) is 0 Å². The first-order valence-corrected chi connectivity index (χ1v) is 8.14. The van der Waals surface area contributed by atoms with Gasteiger partial charge in [0.05, 0.1) is 0 Å². The molecule has 1 unspecified atom stereocenters. The summed E-state index contributed by atoms with van der Waals surface area (Å²) in [5.74, 6) is 0.948. The molecule has 0 heterocycles. The summed E-state index contributed by atoms with van der Waals surface area (Å²) in [7, 11) is 2.07. The van der Waals surface area contributed by atoms with E-state index in [9.17, 15) is 4.39 Å². The number of hydrogen-bond donors (Lipinski definition) is 1. The molecular formula is C15H25FN2S. The Kier molecular flexibility index (Phi) is 6.66. The van der Waals surface area contributed by atoms with Crippen molar-refractivity contribution < 1.29 is 4.39 Å². The Morgan fingerprint density at radius 3 is 2.68 bits per heavy atom. The van der Waals surface area contributed by atoms with E-state index in [4.69, 9.17) is 0 Å². The summed E-state index contributed by atoms with van der Waals surface area (Å²) in [5.41, 5.74) is 2.87. The van der Waals surface area contributed by atoms with Gasteiger partial charge in [-0.2, -0.15) is 11.8 Å². The van der Waals surface area contributed by atoms with Crippen LogP contribution in [0.5, 0.6) is 0 Å². The fraction of sp³-hybridized carbons (Fsp3) is 0.600.